The molecule has 6 heteroatoms. The van der Waals surface area contributed by atoms with E-state index in [-0.39, 0.29) is 17.9 Å². The van der Waals surface area contributed by atoms with Crippen LogP contribution >= 0.6 is 15.9 Å². The van der Waals surface area contributed by atoms with E-state index < -0.39 is 6.04 Å². The summed E-state index contributed by atoms with van der Waals surface area (Å²) in [4.78, 5) is 28.0. The molecule has 2 atom stereocenters. The smallest absolute Gasteiger partial charge is 0.249 e. The second-order valence-electron chi connectivity index (χ2n) is 7.95. The summed E-state index contributed by atoms with van der Waals surface area (Å²) in [6.07, 6.45) is 1.31. The molecule has 1 heterocycles. The molecular weight excluding hydrogens is 454 g/mol. The summed E-state index contributed by atoms with van der Waals surface area (Å²) in [5, 5.41) is 8.13. The van der Waals surface area contributed by atoms with Gasteiger partial charge < -0.3 is 15.5 Å². The van der Waals surface area contributed by atoms with E-state index >= 15 is 0 Å². The Bertz CT molecular complexity index is 1130. The molecule has 5 nitrogen and oxygen atoms in total. The van der Waals surface area contributed by atoms with Crippen LogP contribution in [0.15, 0.2) is 65.1 Å². The van der Waals surface area contributed by atoms with Crippen LogP contribution in [-0.2, 0) is 22.6 Å². The first-order valence-corrected chi connectivity index (χ1v) is 11.3. The van der Waals surface area contributed by atoms with E-state index in [0.29, 0.717) is 13.0 Å². The van der Waals surface area contributed by atoms with E-state index in [1.165, 1.54) is 0 Å². The summed E-state index contributed by atoms with van der Waals surface area (Å²) in [6.45, 7) is 2.23. The highest BCUT2D eigenvalue weighted by Gasteiger charge is 2.32. The first-order valence-electron chi connectivity index (χ1n) is 10.5. The Morgan fingerprint density at radius 3 is 2.77 bits per heavy atom. The number of likely N-dealkylation sites (N-methyl/N-ethyl adjacent to an activating group) is 1. The van der Waals surface area contributed by atoms with E-state index in [4.69, 9.17) is 0 Å². The van der Waals surface area contributed by atoms with Crippen molar-refractivity contribution < 1.29 is 9.59 Å². The molecule has 1 aliphatic rings. The Morgan fingerprint density at radius 2 is 1.97 bits per heavy atom. The van der Waals surface area contributed by atoms with Gasteiger partial charge in [-0.05, 0) is 66.9 Å². The predicted molar refractivity (Wildman–Crippen MR) is 128 cm³/mol. The van der Waals surface area contributed by atoms with Crippen molar-refractivity contribution in [2.45, 2.75) is 38.4 Å². The van der Waals surface area contributed by atoms with Crippen molar-refractivity contribution >= 4 is 44.2 Å². The highest BCUT2D eigenvalue weighted by Crippen LogP contribution is 2.31. The maximum atomic E-state index is 13.6. The van der Waals surface area contributed by atoms with Gasteiger partial charge in [-0.2, -0.15) is 0 Å². The first-order chi connectivity index (χ1) is 15.0. The maximum Gasteiger partial charge on any atom is 0.249 e. The number of aryl methyl sites for hydroxylation is 1. The molecule has 4 rings (SSSR count). The van der Waals surface area contributed by atoms with Crippen LogP contribution in [0.5, 0.6) is 0 Å². The lowest BCUT2D eigenvalue weighted by atomic mass is 10.0. The van der Waals surface area contributed by atoms with Gasteiger partial charge in [-0.15, -0.1) is 0 Å². The van der Waals surface area contributed by atoms with Gasteiger partial charge in [-0.25, -0.2) is 0 Å². The summed E-state index contributed by atoms with van der Waals surface area (Å²) < 4.78 is 1.00. The molecule has 0 unspecified atom stereocenters. The minimum absolute atomic E-state index is 0.0754. The van der Waals surface area contributed by atoms with Gasteiger partial charge in [-0.3, -0.25) is 9.59 Å². The summed E-state index contributed by atoms with van der Waals surface area (Å²) in [5.41, 5.74) is 3.10. The number of nitrogens with one attached hydrogen (secondary N) is 2. The van der Waals surface area contributed by atoms with Crippen molar-refractivity contribution in [3.63, 3.8) is 0 Å². The third-order valence-electron chi connectivity index (χ3n) is 5.95. The summed E-state index contributed by atoms with van der Waals surface area (Å²) in [5.74, 6) is -0.241. The molecule has 0 bridgehead atoms. The minimum atomic E-state index is -0.558. The van der Waals surface area contributed by atoms with Crippen molar-refractivity contribution in [2.24, 2.45) is 0 Å². The number of benzene rings is 3. The number of amides is 2. The lowest BCUT2D eigenvalue weighted by molar-refractivity contribution is -0.128. The van der Waals surface area contributed by atoms with Gasteiger partial charge in [-0.1, -0.05) is 58.4 Å². The largest absolute Gasteiger partial charge is 0.343 e. The Hall–Kier alpha value is -2.70. The average Bonchev–Trinajstić information content (AvgIpc) is 2.91. The number of anilines is 1. The summed E-state index contributed by atoms with van der Waals surface area (Å²) in [7, 11) is 1.74. The second kappa shape index (κ2) is 9.20. The van der Waals surface area contributed by atoms with Gasteiger partial charge in [0.15, 0.2) is 0 Å². The van der Waals surface area contributed by atoms with Gasteiger partial charge in [0.25, 0.3) is 0 Å². The highest BCUT2D eigenvalue weighted by molar-refractivity contribution is 9.10. The lowest BCUT2D eigenvalue weighted by Crippen LogP contribution is -2.52. The second-order valence-corrected chi connectivity index (χ2v) is 8.86. The molecule has 0 aromatic heterocycles. The van der Waals surface area contributed by atoms with Gasteiger partial charge in [0, 0.05) is 10.2 Å². The number of rotatable bonds is 5. The topological polar surface area (TPSA) is 61.4 Å². The quantitative estimate of drug-likeness (QED) is 0.576. The van der Waals surface area contributed by atoms with Gasteiger partial charge in [0.05, 0.1) is 12.6 Å². The number of para-hydroxylation sites is 1. The molecule has 0 saturated heterocycles. The fraction of sp³-hybridized carbons (Fsp3) is 0.280. The zero-order chi connectivity index (χ0) is 22.0. The molecule has 0 spiro atoms. The van der Waals surface area contributed by atoms with Gasteiger partial charge in [0.1, 0.15) is 6.04 Å². The SMILES string of the molecule is CN[C@@H](C)C(=O)N[C@H]1CCc2ccccc2N(Cc2cccc3ccc(Br)cc23)C1=O. The number of fused-ring (bicyclic) bond motifs is 2. The van der Waals surface area contributed by atoms with E-state index in [1.54, 1.807) is 14.0 Å². The van der Waals surface area contributed by atoms with E-state index in [1.807, 2.05) is 35.2 Å². The monoisotopic (exact) mass is 479 g/mol. The van der Waals surface area contributed by atoms with Gasteiger partial charge in [0.2, 0.25) is 11.8 Å². The fourth-order valence-electron chi connectivity index (χ4n) is 4.06. The molecule has 31 heavy (non-hydrogen) atoms. The van der Waals surface area contributed by atoms with Crippen molar-refractivity contribution in [1.29, 1.82) is 0 Å². The maximum absolute atomic E-state index is 13.6. The Kier molecular flexibility index (Phi) is 6.39. The van der Waals surface area contributed by atoms with E-state index in [9.17, 15) is 9.59 Å². The molecule has 0 fully saturated rings. The summed E-state index contributed by atoms with van der Waals surface area (Å²) >= 11 is 3.56. The molecule has 2 amide bonds. The fourth-order valence-corrected chi connectivity index (χ4v) is 4.42. The number of hydrogen-bond donors (Lipinski definition) is 2. The van der Waals surface area contributed by atoms with Gasteiger partial charge >= 0.3 is 0 Å². The lowest BCUT2D eigenvalue weighted by Gasteiger charge is -2.27. The minimum Gasteiger partial charge on any atom is -0.343 e. The third kappa shape index (κ3) is 4.50. The number of halogens is 1. The molecule has 0 radical (unpaired) electrons. The van der Waals surface area contributed by atoms with E-state index in [2.05, 4.69) is 56.9 Å². The zero-order valence-corrected chi connectivity index (χ0v) is 19.3. The van der Waals surface area contributed by atoms with Crippen LogP contribution in [0.3, 0.4) is 0 Å². The Labute approximate surface area is 190 Å². The van der Waals surface area contributed by atoms with Crippen molar-refractivity contribution in [3.8, 4) is 0 Å². The normalized spacial score (nSPS) is 17.2. The molecule has 1 aliphatic heterocycles. The average molecular weight is 480 g/mol. The molecule has 0 saturated carbocycles. The van der Waals surface area contributed by atoms with Crippen LogP contribution in [0.4, 0.5) is 5.69 Å². The number of nitrogens with zero attached hydrogens (tertiary/aromatic N) is 1. The van der Waals surface area contributed by atoms with Crippen molar-refractivity contribution in [1.82, 2.24) is 10.6 Å². The molecule has 0 aliphatic carbocycles. The number of hydrogen-bond acceptors (Lipinski definition) is 3. The van der Waals surface area contributed by atoms with Crippen LogP contribution in [0.25, 0.3) is 10.8 Å². The van der Waals surface area contributed by atoms with Crippen LogP contribution < -0.4 is 15.5 Å². The molecular formula is C25H26BrN3O2. The molecule has 3 aromatic rings. The van der Waals surface area contributed by atoms with Crippen molar-refractivity contribution in [3.05, 3.63) is 76.3 Å². The first kappa shape index (κ1) is 21.5. The highest BCUT2D eigenvalue weighted by atomic mass is 79.9. The van der Waals surface area contributed by atoms with E-state index in [0.717, 1.165) is 38.5 Å². The number of carbonyl (C=O) groups is 2. The number of carbonyl (C=O) groups excluding carboxylic acids is 2. The molecule has 3 aromatic carbocycles. The van der Waals surface area contributed by atoms with Crippen LogP contribution in [0.1, 0.15) is 24.5 Å². The van der Waals surface area contributed by atoms with Crippen LogP contribution in [0.2, 0.25) is 0 Å². The third-order valence-corrected chi connectivity index (χ3v) is 6.45. The Morgan fingerprint density at radius 1 is 1.16 bits per heavy atom. The standard InChI is InChI=1S/C25H26BrN3O2/c1-16(27-2)24(30)28-22-13-11-18-6-3-4-9-23(18)29(25(22)31)15-19-8-5-7-17-10-12-20(26)14-21(17)19/h3-10,12,14,16,22,27H,11,13,15H2,1-2H3,(H,28,30)/t16-,22-/m0/s1. The predicted octanol–water partition coefficient (Wildman–Crippen LogP) is 4.17. The summed E-state index contributed by atoms with van der Waals surface area (Å²) in [6, 6.07) is 19.4. The van der Waals surface area contributed by atoms with Crippen LogP contribution in [0, 0.1) is 0 Å². The molecule has 160 valence electrons. The Balaban J connectivity index is 1.72. The molecule has 2 N–H and O–H groups in total. The van der Waals surface area contributed by atoms with Crippen LogP contribution in [-0.4, -0.2) is 30.9 Å². The zero-order valence-electron chi connectivity index (χ0n) is 17.7. The van der Waals surface area contributed by atoms with Crippen molar-refractivity contribution in [2.75, 3.05) is 11.9 Å².